The fourth-order valence-corrected chi connectivity index (χ4v) is 4.16. The number of nitrogens with zero attached hydrogens (tertiary/aromatic N) is 2. The molecule has 1 amide bonds. The highest BCUT2D eigenvalue weighted by atomic mass is 32.2. The standard InChI is InChI=1S/C16H19N3O3S/c20-16(12-19-8-3-9-23(19,21)22)17-7-6-13-10-14-4-1-2-5-15(14)18-11-13/h1-2,4-5,10-11H,3,6-9,12H2,(H,17,20). The van der Waals surface area contributed by atoms with Gasteiger partial charge in [0.1, 0.15) is 0 Å². The van der Waals surface area contributed by atoms with E-state index in [4.69, 9.17) is 0 Å². The quantitative estimate of drug-likeness (QED) is 0.883. The maximum atomic E-state index is 11.9. The fourth-order valence-electron chi connectivity index (χ4n) is 2.68. The zero-order valence-electron chi connectivity index (χ0n) is 12.7. The summed E-state index contributed by atoms with van der Waals surface area (Å²) in [5, 5.41) is 3.84. The molecule has 0 bridgehead atoms. The molecule has 0 spiro atoms. The molecule has 1 aromatic carbocycles. The second-order valence-electron chi connectivity index (χ2n) is 5.64. The van der Waals surface area contributed by atoms with Crippen LogP contribution in [0.5, 0.6) is 0 Å². The van der Waals surface area contributed by atoms with Gasteiger partial charge in [0.2, 0.25) is 15.9 Å². The minimum absolute atomic E-state index is 0.0850. The van der Waals surface area contributed by atoms with Crippen LogP contribution in [0.1, 0.15) is 12.0 Å². The van der Waals surface area contributed by atoms with Gasteiger partial charge in [-0.1, -0.05) is 18.2 Å². The molecule has 0 unspecified atom stereocenters. The second-order valence-corrected chi connectivity index (χ2v) is 7.73. The summed E-state index contributed by atoms with van der Waals surface area (Å²) in [5.41, 5.74) is 1.98. The molecule has 2 aromatic rings. The zero-order chi connectivity index (χ0) is 16.3. The summed E-state index contributed by atoms with van der Waals surface area (Å²) in [6, 6.07) is 9.92. The Balaban J connectivity index is 1.51. The number of sulfonamides is 1. The molecule has 7 heteroatoms. The normalized spacial score (nSPS) is 17.4. The average Bonchev–Trinajstić information content (AvgIpc) is 2.86. The Labute approximate surface area is 135 Å². The number of pyridine rings is 1. The lowest BCUT2D eigenvalue weighted by atomic mass is 10.1. The van der Waals surface area contributed by atoms with Gasteiger partial charge in [0.15, 0.2) is 0 Å². The van der Waals surface area contributed by atoms with E-state index in [1.54, 1.807) is 6.20 Å². The summed E-state index contributed by atoms with van der Waals surface area (Å²) in [4.78, 5) is 16.2. The van der Waals surface area contributed by atoms with Crippen LogP contribution in [0.15, 0.2) is 36.5 Å². The van der Waals surface area contributed by atoms with Gasteiger partial charge in [-0.2, -0.15) is 4.31 Å². The van der Waals surface area contributed by atoms with Gasteiger partial charge in [-0.05, 0) is 30.5 Å². The topological polar surface area (TPSA) is 79.4 Å². The van der Waals surface area contributed by atoms with Gasteiger partial charge in [-0.3, -0.25) is 9.78 Å². The third-order valence-corrected chi connectivity index (χ3v) is 5.81. The highest BCUT2D eigenvalue weighted by Crippen LogP contribution is 2.13. The number of nitrogens with one attached hydrogen (secondary N) is 1. The van der Waals surface area contributed by atoms with Crippen molar-refractivity contribution in [3.8, 4) is 0 Å². The van der Waals surface area contributed by atoms with E-state index in [0.29, 0.717) is 25.9 Å². The monoisotopic (exact) mass is 333 g/mol. The van der Waals surface area contributed by atoms with Crippen molar-refractivity contribution in [2.75, 3.05) is 25.4 Å². The first-order valence-electron chi connectivity index (χ1n) is 7.63. The Bertz CT molecular complexity index is 820. The van der Waals surface area contributed by atoms with Crippen LogP contribution in [-0.2, 0) is 21.2 Å². The van der Waals surface area contributed by atoms with Crippen molar-refractivity contribution < 1.29 is 13.2 Å². The molecule has 0 atom stereocenters. The third-order valence-electron chi connectivity index (χ3n) is 3.91. The minimum Gasteiger partial charge on any atom is -0.355 e. The summed E-state index contributed by atoms with van der Waals surface area (Å²) in [6.45, 7) is 0.815. The van der Waals surface area contributed by atoms with Gasteiger partial charge in [-0.25, -0.2) is 8.42 Å². The zero-order valence-corrected chi connectivity index (χ0v) is 13.6. The van der Waals surface area contributed by atoms with E-state index in [9.17, 15) is 13.2 Å². The van der Waals surface area contributed by atoms with Gasteiger partial charge in [0, 0.05) is 24.7 Å². The van der Waals surface area contributed by atoms with Gasteiger partial charge in [0.25, 0.3) is 0 Å². The first kappa shape index (κ1) is 15.9. The molecule has 0 saturated carbocycles. The summed E-state index contributed by atoms with van der Waals surface area (Å²) in [7, 11) is -3.22. The van der Waals surface area contributed by atoms with Crippen molar-refractivity contribution in [2.24, 2.45) is 0 Å². The van der Waals surface area contributed by atoms with Gasteiger partial charge in [0.05, 0.1) is 17.8 Å². The van der Waals surface area contributed by atoms with E-state index in [2.05, 4.69) is 16.4 Å². The van der Waals surface area contributed by atoms with Crippen LogP contribution in [0.4, 0.5) is 0 Å². The molecule has 1 aliphatic rings. The number of benzene rings is 1. The Morgan fingerprint density at radius 3 is 2.91 bits per heavy atom. The highest BCUT2D eigenvalue weighted by molar-refractivity contribution is 7.89. The van der Waals surface area contributed by atoms with Crippen LogP contribution in [0.25, 0.3) is 10.9 Å². The molecule has 0 radical (unpaired) electrons. The lowest BCUT2D eigenvalue weighted by Gasteiger charge is -2.13. The van der Waals surface area contributed by atoms with Crippen molar-refractivity contribution in [3.63, 3.8) is 0 Å². The average molecular weight is 333 g/mol. The molecule has 6 nitrogen and oxygen atoms in total. The smallest absolute Gasteiger partial charge is 0.235 e. The fraction of sp³-hybridized carbons (Fsp3) is 0.375. The maximum Gasteiger partial charge on any atom is 0.235 e. The lowest BCUT2D eigenvalue weighted by Crippen LogP contribution is -2.38. The van der Waals surface area contributed by atoms with E-state index in [-0.39, 0.29) is 18.2 Å². The number of rotatable bonds is 5. The van der Waals surface area contributed by atoms with E-state index < -0.39 is 10.0 Å². The lowest BCUT2D eigenvalue weighted by molar-refractivity contribution is -0.121. The van der Waals surface area contributed by atoms with E-state index in [1.807, 2.05) is 24.3 Å². The van der Waals surface area contributed by atoms with Gasteiger partial charge in [-0.15, -0.1) is 0 Å². The Kier molecular flexibility index (Phi) is 4.58. The van der Waals surface area contributed by atoms with Crippen LogP contribution < -0.4 is 5.32 Å². The highest BCUT2D eigenvalue weighted by Gasteiger charge is 2.29. The van der Waals surface area contributed by atoms with Crippen LogP contribution in [-0.4, -0.2) is 49.0 Å². The first-order chi connectivity index (χ1) is 11.0. The number of aromatic nitrogens is 1. The number of carbonyl (C=O) groups excluding carboxylic acids is 1. The van der Waals surface area contributed by atoms with Gasteiger partial charge >= 0.3 is 0 Å². The number of amides is 1. The molecule has 122 valence electrons. The molecule has 1 fully saturated rings. The van der Waals surface area contributed by atoms with Crippen molar-refractivity contribution in [1.29, 1.82) is 0 Å². The number of carbonyl (C=O) groups is 1. The van der Waals surface area contributed by atoms with Gasteiger partial charge < -0.3 is 5.32 Å². The SMILES string of the molecule is O=C(CN1CCCS1(=O)=O)NCCc1cnc2ccccc2c1. The second kappa shape index (κ2) is 6.64. The molecular weight excluding hydrogens is 314 g/mol. The van der Waals surface area contributed by atoms with Crippen molar-refractivity contribution in [1.82, 2.24) is 14.6 Å². The molecule has 0 aliphatic carbocycles. The summed E-state index contributed by atoms with van der Waals surface area (Å²) >= 11 is 0. The van der Waals surface area contributed by atoms with Crippen molar-refractivity contribution in [3.05, 3.63) is 42.1 Å². The van der Waals surface area contributed by atoms with Crippen LogP contribution >= 0.6 is 0 Å². The molecule has 1 aliphatic heterocycles. The Morgan fingerprint density at radius 2 is 2.13 bits per heavy atom. The number of hydrogen-bond acceptors (Lipinski definition) is 4. The summed E-state index contributed by atoms with van der Waals surface area (Å²) < 4.78 is 24.6. The third kappa shape index (κ3) is 3.86. The van der Waals surface area contributed by atoms with E-state index in [0.717, 1.165) is 16.5 Å². The molecule has 1 N–H and O–H groups in total. The summed E-state index contributed by atoms with van der Waals surface area (Å²) in [5.74, 6) is -0.118. The molecule has 2 heterocycles. The molecule has 1 aromatic heterocycles. The molecule has 23 heavy (non-hydrogen) atoms. The van der Waals surface area contributed by atoms with Crippen molar-refractivity contribution in [2.45, 2.75) is 12.8 Å². The first-order valence-corrected chi connectivity index (χ1v) is 9.24. The molecule has 1 saturated heterocycles. The molecular formula is C16H19N3O3S. The van der Waals surface area contributed by atoms with Crippen molar-refractivity contribution >= 4 is 26.8 Å². The summed E-state index contributed by atoms with van der Waals surface area (Å²) in [6.07, 6.45) is 3.06. The van der Waals surface area contributed by atoms with Crippen LogP contribution in [0.2, 0.25) is 0 Å². The van der Waals surface area contributed by atoms with Crippen LogP contribution in [0.3, 0.4) is 0 Å². The molecule has 3 rings (SSSR count). The predicted octanol–water partition coefficient (Wildman–Crippen LogP) is 0.929. The minimum atomic E-state index is -3.22. The predicted molar refractivity (Wildman–Crippen MR) is 88.4 cm³/mol. The number of hydrogen-bond donors (Lipinski definition) is 1. The van der Waals surface area contributed by atoms with Crippen LogP contribution in [0, 0.1) is 0 Å². The largest absolute Gasteiger partial charge is 0.355 e. The number of fused-ring (bicyclic) bond motifs is 1. The Morgan fingerprint density at radius 1 is 1.30 bits per heavy atom. The Hall–Kier alpha value is -1.99. The van der Waals surface area contributed by atoms with E-state index in [1.165, 1.54) is 4.31 Å². The van der Waals surface area contributed by atoms with E-state index >= 15 is 0 Å². The maximum absolute atomic E-state index is 11.9. The number of para-hydroxylation sites is 1.